The standard InChI is InChI=1S/C23H27N5O4S/c1-3-10-27-21(30)19-20(25-22(33-19)26-11-5-4-6-12-26)28(23(27)31)15-18(29)24-14-16-8-7-9-17(13-16)32-2/h3,7-9,13H,1,4-6,10-12,14-15H2,2H3,(H,24,29). The number of amides is 1. The lowest BCUT2D eigenvalue weighted by Gasteiger charge is -2.25. The van der Waals surface area contributed by atoms with Crippen LogP contribution in [-0.2, 0) is 24.4 Å². The molecule has 2 aromatic heterocycles. The first-order valence-electron chi connectivity index (χ1n) is 10.9. The van der Waals surface area contributed by atoms with Crippen molar-refractivity contribution in [2.24, 2.45) is 0 Å². The molecule has 0 bridgehead atoms. The smallest absolute Gasteiger partial charge is 0.333 e. The monoisotopic (exact) mass is 469 g/mol. The lowest BCUT2D eigenvalue weighted by Crippen LogP contribution is -2.42. The molecule has 33 heavy (non-hydrogen) atoms. The fourth-order valence-electron chi connectivity index (χ4n) is 3.90. The van der Waals surface area contributed by atoms with Gasteiger partial charge in [0.1, 0.15) is 17.0 Å². The summed E-state index contributed by atoms with van der Waals surface area (Å²) in [4.78, 5) is 45.6. The van der Waals surface area contributed by atoms with Crippen LogP contribution in [0.4, 0.5) is 5.13 Å². The van der Waals surface area contributed by atoms with Crippen LogP contribution in [0.5, 0.6) is 5.75 Å². The van der Waals surface area contributed by atoms with Crippen LogP contribution in [0, 0.1) is 0 Å². The Hall–Kier alpha value is -3.40. The number of hydrogen-bond acceptors (Lipinski definition) is 7. The molecule has 0 saturated carbocycles. The van der Waals surface area contributed by atoms with Crippen LogP contribution in [-0.4, -0.2) is 40.2 Å². The summed E-state index contributed by atoms with van der Waals surface area (Å²) in [6, 6.07) is 7.38. The summed E-state index contributed by atoms with van der Waals surface area (Å²) >= 11 is 1.28. The first-order valence-corrected chi connectivity index (χ1v) is 11.7. The number of anilines is 1. The van der Waals surface area contributed by atoms with E-state index in [-0.39, 0.29) is 31.2 Å². The van der Waals surface area contributed by atoms with Crippen molar-refractivity contribution in [1.82, 2.24) is 19.4 Å². The van der Waals surface area contributed by atoms with Gasteiger partial charge in [0.25, 0.3) is 5.56 Å². The molecule has 1 fully saturated rings. The molecule has 10 heteroatoms. The zero-order valence-corrected chi connectivity index (χ0v) is 19.4. The van der Waals surface area contributed by atoms with E-state index in [1.807, 2.05) is 24.3 Å². The van der Waals surface area contributed by atoms with Gasteiger partial charge >= 0.3 is 5.69 Å². The number of thiazole rings is 1. The number of methoxy groups -OCH3 is 1. The van der Waals surface area contributed by atoms with Crippen LogP contribution in [0.1, 0.15) is 24.8 Å². The molecule has 1 aromatic carbocycles. The molecule has 1 aliphatic rings. The SMILES string of the molecule is C=CCn1c(=O)c2sc(N3CCCCC3)nc2n(CC(=O)NCc2cccc(OC)c2)c1=O. The minimum Gasteiger partial charge on any atom is -0.497 e. The number of hydrogen-bond donors (Lipinski definition) is 1. The fourth-order valence-corrected chi connectivity index (χ4v) is 4.98. The lowest BCUT2D eigenvalue weighted by atomic mass is 10.1. The van der Waals surface area contributed by atoms with Gasteiger partial charge in [0, 0.05) is 26.2 Å². The Bertz CT molecular complexity index is 1290. The molecule has 0 radical (unpaired) electrons. The van der Waals surface area contributed by atoms with Crippen LogP contribution in [0.15, 0.2) is 46.5 Å². The molecule has 4 rings (SSSR count). The fraction of sp³-hybridized carbons (Fsp3) is 0.391. The van der Waals surface area contributed by atoms with Gasteiger partial charge < -0.3 is 15.0 Å². The maximum Gasteiger partial charge on any atom is 0.333 e. The number of nitrogens with zero attached hydrogens (tertiary/aromatic N) is 4. The van der Waals surface area contributed by atoms with E-state index in [0.29, 0.717) is 15.6 Å². The Morgan fingerprint density at radius 2 is 2.03 bits per heavy atom. The van der Waals surface area contributed by atoms with Crippen LogP contribution in [0.2, 0.25) is 0 Å². The first-order chi connectivity index (χ1) is 16.0. The normalized spacial score (nSPS) is 13.8. The topological polar surface area (TPSA) is 98.5 Å². The number of benzene rings is 1. The first kappa shape index (κ1) is 22.8. The lowest BCUT2D eigenvalue weighted by molar-refractivity contribution is -0.121. The van der Waals surface area contributed by atoms with E-state index < -0.39 is 11.2 Å². The number of rotatable bonds is 8. The van der Waals surface area contributed by atoms with Crippen LogP contribution >= 0.6 is 11.3 Å². The Labute approximate surface area is 194 Å². The average Bonchev–Trinajstić information content (AvgIpc) is 3.29. The van der Waals surface area contributed by atoms with E-state index >= 15 is 0 Å². The predicted molar refractivity (Wildman–Crippen MR) is 129 cm³/mol. The van der Waals surface area contributed by atoms with E-state index in [1.54, 1.807) is 7.11 Å². The highest BCUT2D eigenvalue weighted by molar-refractivity contribution is 7.22. The number of nitrogens with one attached hydrogen (secondary N) is 1. The molecule has 0 spiro atoms. The molecule has 174 valence electrons. The zero-order chi connectivity index (χ0) is 23.4. The molecule has 1 saturated heterocycles. The third-order valence-corrected chi connectivity index (χ3v) is 6.71. The second-order valence-electron chi connectivity index (χ2n) is 7.90. The summed E-state index contributed by atoms with van der Waals surface area (Å²) in [5.41, 5.74) is 0.161. The minimum atomic E-state index is -0.570. The predicted octanol–water partition coefficient (Wildman–Crippen LogP) is 2.12. The Morgan fingerprint density at radius 1 is 1.24 bits per heavy atom. The van der Waals surface area contributed by atoms with Crippen molar-refractivity contribution in [2.45, 2.75) is 38.9 Å². The highest BCUT2D eigenvalue weighted by Gasteiger charge is 2.22. The van der Waals surface area contributed by atoms with Gasteiger partial charge in [-0.15, -0.1) is 6.58 Å². The van der Waals surface area contributed by atoms with Crippen molar-refractivity contribution in [1.29, 1.82) is 0 Å². The number of fused-ring (bicyclic) bond motifs is 1. The van der Waals surface area contributed by atoms with Gasteiger partial charge in [-0.25, -0.2) is 9.78 Å². The number of aromatic nitrogens is 3. The number of carbonyl (C=O) groups excluding carboxylic acids is 1. The van der Waals surface area contributed by atoms with Gasteiger partial charge in [-0.05, 0) is 37.0 Å². The summed E-state index contributed by atoms with van der Waals surface area (Å²) < 4.78 is 7.97. The molecular weight excluding hydrogens is 442 g/mol. The largest absolute Gasteiger partial charge is 0.497 e. The van der Waals surface area contributed by atoms with E-state index in [2.05, 4.69) is 21.8 Å². The second-order valence-corrected chi connectivity index (χ2v) is 8.88. The molecular formula is C23H27N5O4S. The highest BCUT2D eigenvalue weighted by atomic mass is 32.1. The van der Waals surface area contributed by atoms with Crippen LogP contribution < -0.4 is 26.2 Å². The summed E-state index contributed by atoms with van der Waals surface area (Å²) in [7, 11) is 1.58. The second kappa shape index (κ2) is 10.0. The number of carbonyl (C=O) groups is 1. The Kier molecular flexibility index (Phi) is 6.93. The molecule has 0 unspecified atom stereocenters. The van der Waals surface area contributed by atoms with Gasteiger partial charge in [-0.1, -0.05) is 29.5 Å². The van der Waals surface area contributed by atoms with Gasteiger partial charge in [-0.2, -0.15) is 0 Å². The van der Waals surface area contributed by atoms with Crippen molar-refractivity contribution in [3.63, 3.8) is 0 Å². The zero-order valence-electron chi connectivity index (χ0n) is 18.6. The minimum absolute atomic E-state index is 0.0655. The molecule has 1 N–H and O–H groups in total. The third kappa shape index (κ3) is 4.85. The molecule has 0 aliphatic carbocycles. The molecule has 0 atom stereocenters. The molecule has 1 amide bonds. The van der Waals surface area contributed by atoms with Crippen LogP contribution in [0.3, 0.4) is 0 Å². The summed E-state index contributed by atoms with van der Waals surface area (Å²) in [5.74, 6) is 0.349. The third-order valence-electron chi connectivity index (χ3n) is 5.62. The van der Waals surface area contributed by atoms with Crippen molar-refractivity contribution < 1.29 is 9.53 Å². The van der Waals surface area contributed by atoms with Crippen molar-refractivity contribution in [2.75, 3.05) is 25.1 Å². The van der Waals surface area contributed by atoms with Gasteiger partial charge in [-0.3, -0.25) is 18.7 Å². The van der Waals surface area contributed by atoms with E-state index in [4.69, 9.17) is 4.74 Å². The van der Waals surface area contributed by atoms with E-state index in [0.717, 1.165) is 36.1 Å². The summed E-state index contributed by atoms with van der Waals surface area (Å²) in [6.45, 7) is 5.50. The van der Waals surface area contributed by atoms with Crippen molar-refractivity contribution in [3.05, 3.63) is 63.3 Å². The van der Waals surface area contributed by atoms with Gasteiger partial charge in [0.2, 0.25) is 5.91 Å². The van der Waals surface area contributed by atoms with Crippen LogP contribution in [0.25, 0.3) is 10.3 Å². The highest BCUT2D eigenvalue weighted by Crippen LogP contribution is 2.28. The van der Waals surface area contributed by atoms with Gasteiger partial charge in [0.15, 0.2) is 10.8 Å². The maximum absolute atomic E-state index is 13.1. The average molecular weight is 470 g/mol. The molecule has 3 heterocycles. The van der Waals surface area contributed by atoms with Gasteiger partial charge in [0.05, 0.1) is 7.11 Å². The molecule has 9 nitrogen and oxygen atoms in total. The summed E-state index contributed by atoms with van der Waals surface area (Å²) in [5, 5.41) is 3.54. The summed E-state index contributed by atoms with van der Waals surface area (Å²) in [6.07, 6.45) is 4.80. The maximum atomic E-state index is 13.1. The number of piperidine rings is 1. The van der Waals surface area contributed by atoms with E-state index in [1.165, 1.54) is 28.4 Å². The Morgan fingerprint density at radius 3 is 2.76 bits per heavy atom. The quantitative estimate of drug-likeness (QED) is 0.508. The van der Waals surface area contributed by atoms with E-state index in [9.17, 15) is 14.4 Å². The van der Waals surface area contributed by atoms with Crippen molar-refractivity contribution in [3.8, 4) is 5.75 Å². The molecule has 1 aliphatic heterocycles. The Balaban J connectivity index is 1.65. The molecule has 3 aromatic rings. The number of ether oxygens (including phenoxy) is 1. The number of allylic oxidation sites excluding steroid dienone is 1. The van der Waals surface area contributed by atoms with Crippen molar-refractivity contribution >= 4 is 32.7 Å².